The molecule has 0 fully saturated rings. The second-order valence-corrected chi connectivity index (χ2v) is 6.19. The van der Waals surface area contributed by atoms with E-state index in [-0.39, 0.29) is 30.7 Å². The van der Waals surface area contributed by atoms with Gasteiger partial charge >= 0.3 is 0 Å². The number of amides is 2. The fraction of sp³-hybridized carbons (Fsp3) is 0.176. The average Bonchev–Trinajstić information content (AvgIpc) is 2.53. The van der Waals surface area contributed by atoms with Gasteiger partial charge in [-0.3, -0.25) is 14.5 Å². The van der Waals surface area contributed by atoms with E-state index >= 15 is 0 Å². The second kappa shape index (κ2) is 8.80. The Balaban J connectivity index is 1.84. The summed E-state index contributed by atoms with van der Waals surface area (Å²) in [6.07, 6.45) is 0. The number of nitrogens with one attached hydrogen (secondary N) is 2. The smallest absolute Gasteiger partial charge is 0.238 e. The van der Waals surface area contributed by atoms with Gasteiger partial charge in [-0.15, -0.1) is 0 Å². The molecule has 25 heavy (non-hydrogen) atoms. The maximum Gasteiger partial charge on any atom is 0.238 e. The first kappa shape index (κ1) is 19.2. The van der Waals surface area contributed by atoms with Crippen LogP contribution in [0, 0.1) is 5.82 Å². The molecule has 132 valence electrons. The summed E-state index contributed by atoms with van der Waals surface area (Å²) < 4.78 is 12.8. The Morgan fingerprint density at radius 3 is 2.04 bits per heavy atom. The Morgan fingerprint density at radius 2 is 1.48 bits per heavy atom. The van der Waals surface area contributed by atoms with Gasteiger partial charge in [-0.25, -0.2) is 4.39 Å². The number of rotatable bonds is 6. The molecule has 0 aliphatic rings. The predicted octanol–water partition coefficient (Wildman–Crippen LogP) is 3.64. The molecule has 8 heteroatoms. The van der Waals surface area contributed by atoms with Gasteiger partial charge in [-0.1, -0.05) is 29.3 Å². The van der Waals surface area contributed by atoms with Crippen LogP contribution in [0.5, 0.6) is 0 Å². The van der Waals surface area contributed by atoms with Gasteiger partial charge in [-0.2, -0.15) is 0 Å². The second-order valence-electron chi connectivity index (χ2n) is 5.37. The summed E-state index contributed by atoms with van der Waals surface area (Å²) in [5, 5.41) is 5.90. The minimum atomic E-state index is -0.384. The number of carbonyl (C=O) groups excluding carboxylic acids is 2. The Hall–Kier alpha value is -2.15. The number of hydrogen-bond donors (Lipinski definition) is 2. The highest BCUT2D eigenvalue weighted by molar-refractivity contribution is 6.39. The molecular formula is C17H16Cl2FN3O2. The molecular weight excluding hydrogens is 368 g/mol. The molecule has 0 unspecified atom stereocenters. The van der Waals surface area contributed by atoms with Crippen LogP contribution in [0.1, 0.15) is 0 Å². The SMILES string of the molecule is CN(CC(=O)Nc1ccc(F)cc1)CC(=O)Nc1c(Cl)cccc1Cl. The lowest BCUT2D eigenvalue weighted by Crippen LogP contribution is -2.36. The highest BCUT2D eigenvalue weighted by Gasteiger charge is 2.14. The van der Waals surface area contributed by atoms with Crippen LogP contribution < -0.4 is 10.6 Å². The quantitative estimate of drug-likeness (QED) is 0.800. The summed E-state index contributed by atoms with van der Waals surface area (Å²) in [7, 11) is 1.62. The van der Waals surface area contributed by atoms with Crippen LogP contribution >= 0.6 is 23.2 Å². The van der Waals surface area contributed by atoms with E-state index in [9.17, 15) is 14.0 Å². The van der Waals surface area contributed by atoms with E-state index in [2.05, 4.69) is 10.6 Å². The molecule has 2 aromatic carbocycles. The molecule has 2 N–H and O–H groups in total. The summed E-state index contributed by atoms with van der Waals surface area (Å²) in [6, 6.07) is 10.3. The molecule has 0 heterocycles. The zero-order chi connectivity index (χ0) is 18.4. The lowest BCUT2D eigenvalue weighted by molar-refractivity contribution is -0.119. The van der Waals surface area contributed by atoms with Crippen LogP contribution in [0.25, 0.3) is 0 Å². The van der Waals surface area contributed by atoms with Crippen molar-refractivity contribution in [1.29, 1.82) is 0 Å². The molecule has 5 nitrogen and oxygen atoms in total. The Kier molecular flexibility index (Phi) is 6.75. The molecule has 0 spiro atoms. The third-order valence-corrected chi connectivity index (χ3v) is 3.81. The normalized spacial score (nSPS) is 10.6. The first-order chi connectivity index (χ1) is 11.8. The van der Waals surface area contributed by atoms with Crippen LogP contribution in [0.15, 0.2) is 42.5 Å². The van der Waals surface area contributed by atoms with Gasteiger partial charge in [0.15, 0.2) is 0 Å². The molecule has 2 rings (SSSR count). The van der Waals surface area contributed by atoms with Crippen molar-refractivity contribution >= 4 is 46.4 Å². The first-order valence-electron chi connectivity index (χ1n) is 7.33. The summed E-state index contributed by atoms with van der Waals surface area (Å²) >= 11 is 12.0. The zero-order valence-electron chi connectivity index (χ0n) is 13.4. The summed E-state index contributed by atoms with van der Waals surface area (Å²) in [5.41, 5.74) is 0.812. The van der Waals surface area contributed by atoms with E-state index in [4.69, 9.17) is 23.2 Å². The van der Waals surface area contributed by atoms with Crippen molar-refractivity contribution in [3.8, 4) is 0 Å². The van der Waals surface area contributed by atoms with Crippen LogP contribution in [0.2, 0.25) is 10.0 Å². The maximum absolute atomic E-state index is 12.8. The fourth-order valence-corrected chi connectivity index (χ4v) is 2.57. The fourth-order valence-electron chi connectivity index (χ4n) is 2.08. The van der Waals surface area contributed by atoms with Gasteiger partial charge in [0.1, 0.15) is 5.82 Å². The van der Waals surface area contributed by atoms with E-state index in [1.54, 1.807) is 25.2 Å². The van der Waals surface area contributed by atoms with Crippen molar-refractivity contribution in [2.75, 3.05) is 30.8 Å². The number of benzene rings is 2. The number of halogens is 3. The average molecular weight is 384 g/mol. The molecule has 2 aromatic rings. The molecule has 0 atom stereocenters. The zero-order valence-corrected chi connectivity index (χ0v) is 14.9. The van der Waals surface area contributed by atoms with Crippen LogP contribution in [0.3, 0.4) is 0 Å². The number of anilines is 2. The topological polar surface area (TPSA) is 61.4 Å². The maximum atomic E-state index is 12.8. The van der Waals surface area contributed by atoms with Gasteiger partial charge in [0.2, 0.25) is 11.8 Å². The summed E-state index contributed by atoms with van der Waals surface area (Å²) in [4.78, 5) is 25.5. The monoisotopic (exact) mass is 383 g/mol. The van der Waals surface area contributed by atoms with Crippen molar-refractivity contribution in [1.82, 2.24) is 4.90 Å². The standard InChI is InChI=1S/C17H16Cl2FN3O2/c1-23(9-15(24)21-12-7-5-11(20)6-8-12)10-16(25)22-17-13(18)3-2-4-14(17)19/h2-8H,9-10H2,1H3,(H,21,24)(H,22,25). The van der Waals surface area contributed by atoms with Gasteiger partial charge in [-0.05, 0) is 43.4 Å². The first-order valence-corrected chi connectivity index (χ1v) is 8.08. The number of hydrogen-bond acceptors (Lipinski definition) is 3. The van der Waals surface area contributed by atoms with Crippen molar-refractivity contribution in [3.05, 3.63) is 58.3 Å². The Morgan fingerprint density at radius 1 is 0.960 bits per heavy atom. The minimum Gasteiger partial charge on any atom is -0.325 e. The van der Waals surface area contributed by atoms with Crippen molar-refractivity contribution < 1.29 is 14.0 Å². The Labute approximate surface area is 154 Å². The van der Waals surface area contributed by atoms with E-state index in [0.29, 0.717) is 21.4 Å². The number of carbonyl (C=O) groups is 2. The molecule has 0 radical (unpaired) electrons. The molecule has 0 bridgehead atoms. The lowest BCUT2D eigenvalue weighted by Gasteiger charge is -2.16. The minimum absolute atomic E-state index is 0.0128. The highest BCUT2D eigenvalue weighted by atomic mass is 35.5. The number of nitrogens with zero attached hydrogens (tertiary/aromatic N) is 1. The number of likely N-dealkylation sites (N-methyl/N-ethyl adjacent to an activating group) is 1. The van der Waals surface area contributed by atoms with Gasteiger partial charge in [0.25, 0.3) is 0 Å². The molecule has 2 amide bonds. The lowest BCUT2D eigenvalue weighted by atomic mass is 10.3. The molecule has 0 saturated heterocycles. The number of para-hydroxylation sites is 1. The van der Waals surface area contributed by atoms with E-state index in [1.165, 1.54) is 29.2 Å². The van der Waals surface area contributed by atoms with Crippen molar-refractivity contribution in [2.24, 2.45) is 0 Å². The van der Waals surface area contributed by atoms with E-state index in [0.717, 1.165) is 0 Å². The molecule has 0 aliphatic carbocycles. The molecule has 0 saturated carbocycles. The van der Waals surface area contributed by atoms with Crippen LogP contribution in [0.4, 0.5) is 15.8 Å². The van der Waals surface area contributed by atoms with Crippen molar-refractivity contribution in [3.63, 3.8) is 0 Å². The summed E-state index contributed by atoms with van der Waals surface area (Å²) in [6.45, 7) is -0.0422. The van der Waals surface area contributed by atoms with Gasteiger partial charge < -0.3 is 10.6 Å². The third-order valence-electron chi connectivity index (χ3n) is 3.18. The Bertz CT molecular complexity index is 749. The van der Waals surface area contributed by atoms with Gasteiger partial charge in [0.05, 0.1) is 28.8 Å². The molecule has 0 aliphatic heterocycles. The van der Waals surface area contributed by atoms with E-state index in [1.807, 2.05) is 0 Å². The molecule has 0 aromatic heterocycles. The third kappa shape index (κ3) is 6.01. The van der Waals surface area contributed by atoms with Crippen molar-refractivity contribution in [2.45, 2.75) is 0 Å². The largest absolute Gasteiger partial charge is 0.325 e. The van der Waals surface area contributed by atoms with Crippen LogP contribution in [-0.2, 0) is 9.59 Å². The van der Waals surface area contributed by atoms with Gasteiger partial charge in [0, 0.05) is 5.69 Å². The predicted molar refractivity (Wildman–Crippen MR) is 97.6 cm³/mol. The highest BCUT2D eigenvalue weighted by Crippen LogP contribution is 2.29. The summed E-state index contributed by atoms with van der Waals surface area (Å²) in [5.74, 6) is -1.06. The van der Waals surface area contributed by atoms with Crippen LogP contribution in [-0.4, -0.2) is 36.9 Å². The van der Waals surface area contributed by atoms with E-state index < -0.39 is 0 Å².